The van der Waals surface area contributed by atoms with Crippen LogP contribution in [0.4, 0.5) is 0 Å². The van der Waals surface area contributed by atoms with Crippen molar-refractivity contribution in [1.29, 1.82) is 5.26 Å². The molecule has 0 saturated carbocycles. The Labute approximate surface area is 123 Å². The molecular formula is C16H17NO4. The Hall–Kier alpha value is -2.03. The highest BCUT2D eigenvalue weighted by Gasteiger charge is 2.48. The molecule has 0 aliphatic carbocycles. The highest BCUT2D eigenvalue weighted by Crippen LogP contribution is 2.42. The second kappa shape index (κ2) is 5.76. The molecule has 0 radical (unpaired) electrons. The van der Waals surface area contributed by atoms with E-state index < -0.39 is 5.97 Å². The third-order valence-corrected chi connectivity index (χ3v) is 3.53. The number of benzene rings is 1. The molecule has 5 heteroatoms. The Morgan fingerprint density at radius 1 is 1.38 bits per heavy atom. The molecule has 2 aliphatic rings. The summed E-state index contributed by atoms with van der Waals surface area (Å²) in [4.78, 5) is 0. The first kappa shape index (κ1) is 13.9. The number of nitrogens with zero attached hydrogens (tertiary/aromatic N) is 1. The van der Waals surface area contributed by atoms with Crippen LogP contribution in [0.3, 0.4) is 0 Å². The number of ether oxygens (including phenoxy) is 4. The minimum absolute atomic E-state index is 0.169. The average Bonchev–Trinajstić information content (AvgIpc) is 2.93. The van der Waals surface area contributed by atoms with Crippen molar-refractivity contribution in [1.82, 2.24) is 0 Å². The van der Waals surface area contributed by atoms with Gasteiger partial charge in [-0.25, -0.2) is 0 Å². The summed E-state index contributed by atoms with van der Waals surface area (Å²) in [5.74, 6) is -0.911. The van der Waals surface area contributed by atoms with Crippen LogP contribution in [0.25, 0.3) is 0 Å². The van der Waals surface area contributed by atoms with Crippen molar-refractivity contribution in [3.05, 3.63) is 47.4 Å². The summed E-state index contributed by atoms with van der Waals surface area (Å²) in [6.45, 7) is 2.69. The lowest BCUT2D eigenvalue weighted by atomic mass is 10.1. The fourth-order valence-corrected chi connectivity index (χ4v) is 2.49. The van der Waals surface area contributed by atoms with Crippen LogP contribution in [0.15, 0.2) is 41.9 Å². The van der Waals surface area contributed by atoms with Crippen LogP contribution in [-0.4, -0.2) is 19.2 Å². The second-order valence-electron chi connectivity index (χ2n) is 4.92. The largest absolute Gasteiger partial charge is 0.465 e. The lowest BCUT2D eigenvalue weighted by molar-refractivity contribution is -0.343. The fraction of sp³-hybridized carbons (Fsp3) is 0.438. The number of hydrogen-bond acceptors (Lipinski definition) is 5. The quantitative estimate of drug-likeness (QED) is 0.855. The summed E-state index contributed by atoms with van der Waals surface area (Å²) in [7, 11) is 0. The molecule has 110 valence electrons. The molecule has 2 unspecified atom stereocenters. The second-order valence-corrected chi connectivity index (χ2v) is 4.92. The molecule has 2 heterocycles. The van der Waals surface area contributed by atoms with Gasteiger partial charge >= 0.3 is 5.97 Å². The van der Waals surface area contributed by atoms with Gasteiger partial charge in [-0.15, -0.1) is 0 Å². The number of allylic oxidation sites excluding steroid dienone is 1. The van der Waals surface area contributed by atoms with E-state index in [0.717, 1.165) is 5.56 Å². The Morgan fingerprint density at radius 3 is 2.90 bits per heavy atom. The predicted octanol–water partition coefficient (Wildman–Crippen LogP) is 3.01. The van der Waals surface area contributed by atoms with Crippen LogP contribution in [0.2, 0.25) is 0 Å². The SMILES string of the molecule is CCOC1=C(C#N)CCC2(OCC(c3ccccc3)O2)O1. The van der Waals surface area contributed by atoms with Gasteiger partial charge in [0.25, 0.3) is 5.95 Å². The summed E-state index contributed by atoms with van der Waals surface area (Å²) >= 11 is 0. The Balaban J connectivity index is 1.76. The molecule has 21 heavy (non-hydrogen) atoms. The van der Waals surface area contributed by atoms with Crippen molar-refractivity contribution in [2.75, 3.05) is 13.2 Å². The Kier molecular flexibility index (Phi) is 3.82. The van der Waals surface area contributed by atoms with Gasteiger partial charge in [-0.2, -0.15) is 5.26 Å². The van der Waals surface area contributed by atoms with Crippen LogP contribution in [0, 0.1) is 11.3 Å². The van der Waals surface area contributed by atoms with Gasteiger partial charge in [-0.05, 0) is 18.9 Å². The van der Waals surface area contributed by atoms with Gasteiger partial charge in [0.2, 0.25) is 0 Å². The first-order valence-corrected chi connectivity index (χ1v) is 7.08. The van der Waals surface area contributed by atoms with Crippen molar-refractivity contribution in [3.63, 3.8) is 0 Å². The van der Waals surface area contributed by atoms with Crippen LogP contribution in [0.1, 0.15) is 31.4 Å². The van der Waals surface area contributed by atoms with Crippen LogP contribution < -0.4 is 0 Å². The molecule has 1 fully saturated rings. The average molecular weight is 287 g/mol. The van der Waals surface area contributed by atoms with Crippen molar-refractivity contribution >= 4 is 0 Å². The van der Waals surface area contributed by atoms with E-state index in [0.29, 0.717) is 31.6 Å². The van der Waals surface area contributed by atoms with E-state index in [1.165, 1.54) is 0 Å². The zero-order valence-electron chi connectivity index (χ0n) is 11.9. The first-order chi connectivity index (χ1) is 10.3. The molecule has 1 spiro atoms. The minimum Gasteiger partial charge on any atom is -0.465 e. The highest BCUT2D eigenvalue weighted by molar-refractivity contribution is 5.24. The summed E-state index contributed by atoms with van der Waals surface area (Å²) in [6.07, 6.45) is 0.834. The molecule has 0 aromatic heterocycles. The number of hydrogen-bond donors (Lipinski definition) is 0. The molecule has 3 rings (SSSR count). The molecule has 2 aliphatic heterocycles. The molecule has 0 amide bonds. The van der Waals surface area contributed by atoms with Gasteiger partial charge in [0, 0.05) is 6.42 Å². The zero-order chi connectivity index (χ0) is 14.7. The van der Waals surface area contributed by atoms with E-state index in [-0.39, 0.29) is 12.0 Å². The topological polar surface area (TPSA) is 60.7 Å². The van der Waals surface area contributed by atoms with E-state index in [1.807, 2.05) is 37.3 Å². The van der Waals surface area contributed by atoms with E-state index in [4.69, 9.17) is 24.2 Å². The molecule has 1 saturated heterocycles. The molecule has 1 aromatic carbocycles. The van der Waals surface area contributed by atoms with E-state index >= 15 is 0 Å². The van der Waals surface area contributed by atoms with Gasteiger partial charge in [0.1, 0.15) is 17.7 Å². The van der Waals surface area contributed by atoms with E-state index in [2.05, 4.69) is 6.07 Å². The zero-order valence-corrected chi connectivity index (χ0v) is 11.9. The minimum atomic E-state index is -1.13. The maximum atomic E-state index is 9.10. The standard InChI is InChI=1S/C16H17NO4/c1-2-18-15-13(10-17)8-9-16(21-15)19-11-14(20-16)12-6-4-3-5-7-12/h3-7,14H,2,8-9,11H2,1H3. The number of nitriles is 1. The third kappa shape index (κ3) is 2.73. The fourth-order valence-electron chi connectivity index (χ4n) is 2.49. The third-order valence-electron chi connectivity index (χ3n) is 3.53. The smallest absolute Gasteiger partial charge is 0.330 e. The van der Waals surface area contributed by atoms with Crippen molar-refractivity contribution in [2.24, 2.45) is 0 Å². The Bertz CT molecular complexity index is 578. The van der Waals surface area contributed by atoms with Gasteiger partial charge < -0.3 is 18.9 Å². The van der Waals surface area contributed by atoms with E-state index in [1.54, 1.807) is 0 Å². The maximum absolute atomic E-state index is 9.10. The van der Waals surface area contributed by atoms with Crippen LogP contribution in [-0.2, 0) is 18.9 Å². The monoisotopic (exact) mass is 287 g/mol. The lowest BCUT2D eigenvalue weighted by Gasteiger charge is -2.32. The van der Waals surface area contributed by atoms with Gasteiger partial charge in [0.05, 0.1) is 13.2 Å². The molecule has 0 N–H and O–H groups in total. The van der Waals surface area contributed by atoms with E-state index in [9.17, 15) is 0 Å². The van der Waals surface area contributed by atoms with Crippen molar-refractivity contribution < 1.29 is 18.9 Å². The summed E-state index contributed by atoms with van der Waals surface area (Å²) in [5, 5.41) is 9.10. The molecular weight excluding hydrogens is 270 g/mol. The summed E-state index contributed by atoms with van der Waals surface area (Å²) in [5.41, 5.74) is 1.55. The van der Waals surface area contributed by atoms with Gasteiger partial charge in [0.15, 0.2) is 0 Å². The molecule has 0 bridgehead atoms. The van der Waals surface area contributed by atoms with Crippen LogP contribution in [0.5, 0.6) is 0 Å². The van der Waals surface area contributed by atoms with Gasteiger partial charge in [-0.1, -0.05) is 30.3 Å². The molecule has 1 aromatic rings. The predicted molar refractivity (Wildman–Crippen MR) is 73.5 cm³/mol. The number of rotatable bonds is 3. The summed E-state index contributed by atoms with van der Waals surface area (Å²) in [6, 6.07) is 12.0. The summed E-state index contributed by atoms with van der Waals surface area (Å²) < 4.78 is 22.8. The van der Waals surface area contributed by atoms with Gasteiger partial charge in [-0.3, -0.25) is 0 Å². The van der Waals surface area contributed by atoms with Crippen LogP contribution >= 0.6 is 0 Å². The highest BCUT2D eigenvalue weighted by atomic mass is 16.9. The normalized spacial score (nSPS) is 28.3. The van der Waals surface area contributed by atoms with Crippen molar-refractivity contribution in [3.8, 4) is 6.07 Å². The van der Waals surface area contributed by atoms with Crippen molar-refractivity contribution in [2.45, 2.75) is 31.8 Å². The molecule has 2 atom stereocenters. The first-order valence-electron chi connectivity index (χ1n) is 7.08. The molecule has 5 nitrogen and oxygen atoms in total. The maximum Gasteiger partial charge on any atom is 0.330 e. The Morgan fingerprint density at radius 2 is 2.19 bits per heavy atom. The lowest BCUT2D eigenvalue weighted by Crippen LogP contribution is -2.37.